The third kappa shape index (κ3) is 2.37. The second kappa shape index (κ2) is 5.01. The number of urea groups is 1. The van der Waals surface area contributed by atoms with Crippen molar-refractivity contribution in [3.05, 3.63) is 41.1 Å². The normalized spacial score (nSPS) is 18.6. The van der Waals surface area contributed by atoms with Crippen LogP contribution in [-0.4, -0.2) is 24.2 Å². The molecule has 1 unspecified atom stereocenters. The van der Waals surface area contributed by atoms with Crippen LogP contribution in [0.4, 0.5) is 4.79 Å². The van der Waals surface area contributed by atoms with Crippen LogP contribution in [0.5, 0.6) is 5.75 Å². The fraction of sp³-hybridized carbons (Fsp3) is 0.231. The number of hydrogen-bond acceptors (Lipinski definition) is 4. The summed E-state index contributed by atoms with van der Waals surface area (Å²) in [7, 11) is 1.26. The Morgan fingerprint density at radius 3 is 2.68 bits per heavy atom. The van der Waals surface area contributed by atoms with E-state index < -0.39 is 18.0 Å². The summed E-state index contributed by atoms with van der Waals surface area (Å²) in [5.41, 5.74) is 1.12. The molecule has 0 aliphatic carbocycles. The van der Waals surface area contributed by atoms with Gasteiger partial charge in [0.1, 0.15) is 5.75 Å². The summed E-state index contributed by atoms with van der Waals surface area (Å²) >= 11 is 0. The highest BCUT2D eigenvalue weighted by atomic mass is 16.5. The minimum atomic E-state index is -0.734. The molecule has 1 aromatic carbocycles. The Hall–Kier alpha value is -2.50. The summed E-state index contributed by atoms with van der Waals surface area (Å²) in [6.07, 6.45) is 0. The van der Waals surface area contributed by atoms with E-state index in [1.165, 1.54) is 13.2 Å². The number of para-hydroxylation sites is 1. The van der Waals surface area contributed by atoms with Crippen molar-refractivity contribution in [1.29, 1.82) is 0 Å². The molecule has 2 rings (SSSR count). The third-order valence-corrected chi connectivity index (χ3v) is 2.92. The van der Waals surface area contributed by atoms with Crippen molar-refractivity contribution in [2.75, 3.05) is 7.11 Å². The van der Waals surface area contributed by atoms with Crippen LogP contribution in [0.2, 0.25) is 0 Å². The average Bonchev–Trinajstić information content (AvgIpc) is 2.37. The Kier molecular flexibility index (Phi) is 3.41. The smallest absolute Gasteiger partial charge is 0.337 e. The monoisotopic (exact) mass is 262 g/mol. The van der Waals surface area contributed by atoms with Gasteiger partial charge in [0.05, 0.1) is 18.7 Å². The molecule has 0 radical (unpaired) electrons. The molecule has 2 amide bonds. The number of ether oxygens (including phenoxy) is 1. The molecule has 1 heterocycles. The molecule has 0 fully saturated rings. The number of phenols is 1. The highest BCUT2D eigenvalue weighted by molar-refractivity contribution is 5.95. The number of benzene rings is 1. The van der Waals surface area contributed by atoms with Gasteiger partial charge in [0.25, 0.3) is 0 Å². The van der Waals surface area contributed by atoms with Gasteiger partial charge in [-0.25, -0.2) is 9.59 Å². The zero-order valence-electron chi connectivity index (χ0n) is 10.6. The fourth-order valence-electron chi connectivity index (χ4n) is 2.04. The Balaban J connectivity index is 2.53. The number of amides is 2. The van der Waals surface area contributed by atoms with E-state index in [2.05, 4.69) is 10.6 Å². The SMILES string of the molecule is COC(=O)C1=C(C)NC(=O)NC1c1ccccc1O. The van der Waals surface area contributed by atoms with Crippen LogP contribution in [0.3, 0.4) is 0 Å². The third-order valence-electron chi connectivity index (χ3n) is 2.92. The molecule has 1 atom stereocenters. The largest absolute Gasteiger partial charge is 0.508 e. The molecule has 3 N–H and O–H groups in total. The minimum absolute atomic E-state index is 0.00361. The highest BCUT2D eigenvalue weighted by Crippen LogP contribution is 2.32. The summed E-state index contributed by atoms with van der Waals surface area (Å²) in [5, 5.41) is 15.0. The van der Waals surface area contributed by atoms with Gasteiger partial charge in [-0.3, -0.25) is 0 Å². The van der Waals surface area contributed by atoms with Crippen molar-refractivity contribution < 1.29 is 19.4 Å². The first-order valence-corrected chi connectivity index (χ1v) is 5.69. The first kappa shape index (κ1) is 12.9. The fourth-order valence-corrected chi connectivity index (χ4v) is 2.04. The van der Waals surface area contributed by atoms with Gasteiger partial charge in [0.2, 0.25) is 0 Å². The molecule has 0 saturated heterocycles. The van der Waals surface area contributed by atoms with Gasteiger partial charge in [0.15, 0.2) is 0 Å². The number of hydrogen-bond donors (Lipinski definition) is 3. The molecular formula is C13H14N2O4. The minimum Gasteiger partial charge on any atom is -0.508 e. The lowest BCUT2D eigenvalue weighted by Crippen LogP contribution is -2.45. The number of esters is 1. The molecule has 6 nitrogen and oxygen atoms in total. The second-order valence-corrected chi connectivity index (χ2v) is 4.12. The van der Waals surface area contributed by atoms with E-state index in [9.17, 15) is 14.7 Å². The van der Waals surface area contributed by atoms with E-state index in [0.717, 1.165) is 0 Å². The van der Waals surface area contributed by atoms with Gasteiger partial charge in [-0.1, -0.05) is 18.2 Å². The van der Waals surface area contributed by atoms with Crippen LogP contribution in [0.25, 0.3) is 0 Å². The molecule has 1 aliphatic heterocycles. The zero-order valence-corrected chi connectivity index (χ0v) is 10.6. The van der Waals surface area contributed by atoms with Crippen LogP contribution in [-0.2, 0) is 9.53 Å². The maximum atomic E-state index is 11.8. The van der Waals surface area contributed by atoms with Crippen molar-refractivity contribution >= 4 is 12.0 Å². The summed E-state index contributed by atoms with van der Waals surface area (Å²) < 4.78 is 4.72. The number of nitrogens with one attached hydrogen (secondary N) is 2. The van der Waals surface area contributed by atoms with E-state index in [1.54, 1.807) is 25.1 Å². The lowest BCUT2D eigenvalue weighted by atomic mass is 9.95. The number of carbonyl (C=O) groups is 2. The van der Waals surface area contributed by atoms with Gasteiger partial charge < -0.3 is 20.5 Å². The standard InChI is InChI=1S/C13H14N2O4/c1-7-10(12(17)19-2)11(15-13(18)14-7)8-5-3-4-6-9(8)16/h3-6,11,16H,1-2H3,(H2,14,15,18). The van der Waals surface area contributed by atoms with Crippen molar-refractivity contribution in [3.63, 3.8) is 0 Å². The quantitative estimate of drug-likeness (QED) is 0.699. The van der Waals surface area contributed by atoms with Crippen LogP contribution >= 0.6 is 0 Å². The van der Waals surface area contributed by atoms with E-state index in [0.29, 0.717) is 11.3 Å². The molecule has 0 spiro atoms. The second-order valence-electron chi connectivity index (χ2n) is 4.12. The van der Waals surface area contributed by atoms with Gasteiger partial charge in [-0.05, 0) is 13.0 Å². The number of rotatable bonds is 2. The summed E-state index contributed by atoms with van der Waals surface area (Å²) in [6.45, 7) is 1.61. The molecular weight excluding hydrogens is 248 g/mol. The maximum Gasteiger partial charge on any atom is 0.337 e. The van der Waals surface area contributed by atoms with Crippen LogP contribution in [0.15, 0.2) is 35.5 Å². The Labute approximate surface area is 110 Å². The topological polar surface area (TPSA) is 87.7 Å². The van der Waals surface area contributed by atoms with Crippen LogP contribution < -0.4 is 10.6 Å². The van der Waals surface area contributed by atoms with E-state index in [1.807, 2.05) is 0 Å². The summed E-state index contributed by atoms with van der Waals surface area (Å²) in [6, 6.07) is 5.35. The van der Waals surface area contributed by atoms with Crippen molar-refractivity contribution in [2.24, 2.45) is 0 Å². The average molecular weight is 262 g/mol. The molecule has 19 heavy (non-hydrogen) atoms. The molecule has 1 aliphatic rings. The van der Waals surface area contributed by atoms with Gasteiger partial charge in [-0.15, -0.1) is 0 Å². The zero-order chi connectivity index (χ0) is 14.0. The molecule has 1 aromatic rings. The van der Waals surface area contributed by atoms with Crippen molar-refractivity contribution in [2.45, 2.75) is 13.0 Å². The van der Waals surface area contributed by atoms with Crippen LogP contribution in [0.1, 0.15) is 18.5 Å². The lowest BCUT2D eigenvalue weighted by molar-refractivity contribution is -0.136. The van der Waals surface area contributed by atoms with Crippen molar-refractivity contribution in [3.8, 4) is 5.75 Å². The highest BCUT2D eigenvalue weighted by Gasteiger charge is 2.33. The van der Waals surface area contributed by atoms with Crippen LogP contribution in [0, 0.1) is 0 Å². The van der Waals surface area contributed by atoms with Crippen molar-refractivity contribution in [1.82, 2.24) is 10.6 Å². The number of aromatic hydroxyl groups is 1. The van der Waals surface area contributed by atoms with Gasteiger partial charge in [0, 0.05) is 11.3 Å². The molecule has 0 bridgehead atoms. The first-order valence-electron chi connectivity index (χ1n) is 5.69. The number of carbonyl (C=O) groups excluding carboxylic acids is 2. The Morgan fingerprint density at radius 1 is 1.37 bits per heavy atom. The van der Waals surface area contributed by atoms with Gasteiger partial charge in [-0.2, -0.15) is 0 Å². The summed E-state index contributed by atoms with van der Waals surface area (Å²) in [4.78, 5) is 23.4. The molecule has 0 saturated carbocycles. The predicted octanol–water partition coefficient (Wildman–Crippen LogP) is 1.19. The number of allylic oxidation sites excluding steroid dienone is 1. The predicted molar refractivity (Wildman–Crippen MR) is 67.2 cm³/mol. The van der Waals surface area contributed by atoms with Gasteiger partial charge >= 0.3 is 12.0 Å². The number of phenolic OH excluding ortho intramolecular Hbond substituents is 1. The molecule has 6 heteroatoms. The molecule has 0 aromatic heterocycles. The van der Waals surface area contributed by atoms with E-state index in [-0.39, 0.29) is 11.3 Å². The summed E-state index contributed by atoms with van der Waals surface area (Å²) in [5.74, 6) is -0.554. The molecule has 100 valence electrons. The van der Waals surface area contributed by atoms with E-state index in [4.69, 9.17) is 4.74 Å². The first-order chi connectivity index (χ1) is 9.04. The Bertz CT molecular complexity index is 566. The lowest BCUT2D eigenvalue weighted by Gasteiger charge is -2.28. The van der Waals surface area contributed by atoms with E-state index >= 15 is 0 Å². The number of methoxy groups -OCH3 is 1. The maximum absolute atomic E-state index is 11.8. The Morgan fingerprint density at radius 2 is 2.05 bits per heavy atom.